The molecule has 9 nitrogen and oxygen atoms in total. The van der Waals surface area contributed by atoms with Gasteiger partial charge in [-0.25, -0.2) is 18.9 Å². The number of carbonyl (C=O) groups is 1. The van der Waals surface area contributed by atoms with E-state index in [1.54, 1.807) is 13.1 Å². The maximum absolute atomic E-state index is 14.1. The van der Waals surface area contributed by atoms with Gasteiger partial charge >= 0.3 is 0 Å². The van der Waals surface area contributed by atoms with E-state index >= 15 is 0 Å². The number of rotatable bonds is 0. The lowest BCUT2D eigenvalue weighted by molar-refractivity contribution is 0.0844. The van der Waals surface area contributed by atoms with Crippen LogP contribution in [0.3, 0.4) is 0 Å². The summed E-state index contributed by atoms with van der Waals surface area (Å²) in [5.74, 6) is 0.500. The molecule has 5 rings (SSSR count). The van der Waals surface area contributed by atoms with Crippen molar-refractivity contribution in [2.45, 2.75) is 39.1 Å². The van der Waals surface area contributed by atoms with E-state index in [1.807, 2.05) is 18.7 Å². The molecule has 1 amide bonds. The summed E-state index contributed by atoms with van der Waals surface area (Å²) < 4.78 is 27.3. The molecule has 0 unspecified atom stereocenters. The van der Waals surface area contributed by atoms with Crippen LogP contribution in [-0.4, -0.2) is 44.4 Å². The first-order valence-corrected chi connectivity index (χ1v) is 9.35. The summed E-state index contributed by atoms with van der Waals surface area (Å²) in [6.07, 6.45) is 3.57. The first-order valence-electron chi connectivity index (χ1n) is 9.35. The Balaban J connectivity index is 1.78. The monoisotopic (exact) mass is 398 g/mol. The number of ether oxygens (including phenoxy) is 2. The van der Waals surface area contributed by atoms with Gasteiger partial charge in [-0.2, -0.15) is 5.10 Å². The van der Waals surface area contributed by atoms with Crippen LogP contribution in [0.2, 0.25) is 0 Å². The Kier molecular flexibility index (Phi) is 3.83. The molecular formula is C19H19FN6O3. The molecule has 0 fully saturated rings. The van der Waals surface area contributed by atoms with E-state index in [2.05, 4.69) is 15.4 Å². The molecule has 3 atom stereocenters. The number of nitrogens with one attached hydrogen (secondary N) is 1. The average Bonchev–Trinajstić information content (AvgIpc) is 3.09. The Bertz CT molecular complexity index is 1130. The van der Waals surface area contributed by atoms with Crippen LogP contribution in [0.4, 0.5) is 10.2 Å². The van der Waals surface area contributed by atoms with Gasteiger partial charge in [-0.3, -0.25) is 4.79 Å². The van der Waals surface area contributed by atoms with Gasteiger partial charge in [0.15, 0.2) is 23.4 Å². The quantitative estimate of drug-likeness (QED) is 0.620. The Labute approximate surface area is 165 Å². The van der Waals surface area contributed by atoms with Crippen LogP contribution in [0.25, 0.3) is 5.65 Å². The zero-order valence-electron chi connectivity index (χ0n) is 16.1. The minimum absolute atomic E-state index is 0.0517. The Hall–Kier alpha value is -3.43. The molecule has 0 aliphatic carbocycles. The van der Waals surface area contributed by atoms with E-state index in [-0.39, 0.29) is 23.9 Å². The van der Waals surface area contributed by atoms with Crippen molar-refractivity contribution >= 4 is 17.4 Å². The Morgan fingerprint density at radius 1 is 1.28 bits per heavy atom. The number of hydrogen-bond acceptors (Lipinski definition) is 7. The normalized spacial score (nSPS) is 23.5. The van der Waals surface area contributed by atoms with Crippen molar-refractivity contribution in [3.63, 3.8) is 0 Å². The predicted octanol–water partition coefficient (Wildman–Crippen LogP) is 2.08. The van der Waals surface area contributed by atoms with Gasteiger partial charge in [0.25, 0.3) is 5.91 Å². The number of nitrogens with zero attached hydrogens (tertiary/aromatic N) is 5. The van der Waals surface area contributed by atoms with Crippen molar-refractivity contribution in [1.29, 1.82) is 0 Å². The molecule has 150 valence electrons. The van der Waals surface area contributed by atoms with Gasteiger partial charge in [-0.05, 0) is 26.8 Å². The molecule has 29 heavy (non-hydrogen) atoms. The molecule has 5 heterocycles. The van der Waals surface area contributed by atoms with Crippen LogP contribution >= 0.6 is 0 Å². The summed E-state index contributed by atoms with van der Waals surface area (Å²) >= 11 is 0. The fourth-order valence-corrected chi connectivity index (χ4v) is 3.85. The Morgan fingerprint density at radius 2 is 2.10 bits per heavy atom. The van der Waals surface area contributed by atoms with E-state index < -0.39 is 12.0 Å². The maximum atomic E-state index is 14.1. The number of pyridine rings is 1. The fourth-order valence-electron chi connectivity index (χ4n) is 3.85. The third-order valence-corrected chi connectivity index (χ3v) is 5.22. The molecule has 0 radical (unpaired) electrons. The number of amides is 1. The van der Waals surface area contributed by atoms with Crippen LogP contribution in [0.1, 0.15) is 42.7 Å². The van der Waals surface area contributed by atoms with Gasteiger partial charge in [0.1, 0.15) is 18.0 Å². The second-order valence-corrected chi connectivity index (χ2v) is 7.28. The highest BCUT2D eigenvalue weighted by Gasteiger charge is 2.34. The highest BCUT2D eigenvalue weighted by atomic mass is 19.1. The van der Waals surface area contributed by atoms with Gasteiger partial charge in [0.05, 0.1) is 30.7 Å². The van der Waals surface area contributed by atoms with Gasteiger partial charge < -0.3 is 19.7 Å². The number of fused-ring (bicyclic) bond motifs is 1. The van der Waals surface area contributed by atoms with Crippen molar-refractivity contribution in [3.05, 3.63) is 41.6 Å². The van der Waals surface area contributed by atoms with Crippen LogP contribution < -0.4 is 19.7 Å². The lowest BCUT2D eigenvalue weighted by Gasteiger charge is -2.40. The number of halogens is 1. The molecule has 0 saturated carbocycles. The summed E-state index contributed by atoms with van der Waals surface area (Å²) in [5, 5.41) is 6.98. The van der Waals surface area contributed by atoms with Crippen molar-refractivity contribution in [3.8, 4) is 11.6 Å². The highest BCUT2D eigenvalue weighted by Crippen LogP contribution is 2.40. The zero-order chi connectivity index (χ0) is 20.3. The number of hydrogen-bond donors (Lipinski definition) is 1. The molecule has 0 spiro atoms. The molecule has 10 heteroatoms. The fraction of sp³-hybridized carbons (Fsp3) is 0.368. The average molecular weight is 398 g/mol. The van der Waals surface area contributed by atoms with Crippen LogP contribution in [-0.2, 0) is 0 Å². The maximum Gasteiger partial charge on any atom is 0.259 e. The van der Waals surface area contributed by atoms with E-state index in [0.29, 0.717) is 34.9 Å². The smallest absolute Gasteiger partial charge is 0.259 e. The van der Waals surface area contributed by atoms with E-state index in [0.717, 1.165) is 6.20 Å². The standard InChI is InChI=1S/C19H19FN6O3/c1-9-8-28-15-7-25-16-14(6-22-25)18(27)23-11(3)29-19-13(4-12(20)5-21-19)10(2)26(9)17(15)24-16/h4-7,9-11H,8H2,1-3H3,(H,23,27)/t9-,10-,11+/m1/s1. The van der Waals surface area contributed by atoms with Gasteiger partial charge in [-0.15, -0.1) is 0 Å². The first-order chi connectivity index (χ1) is 13.9. The molecule has 2 aliphatic heterocycles. The second-order valence-electron chi connectivity index (χ2n) is 7.28. The summed E-state index contributed by atoms with van der Waals surface area (Å²) in [6, 6.07) is 1.04. The molecule has 0 saturated heterocycles. The molecule has 3 aromatic rings. The summed E-state index contributed by atoms with van der Waals surface area (Å²) in [6.45, 7) is 6.04. The molecule has 2 bridgehead atoms. The van der Waals surface area contributed by atoms with Crippen LogP contribution in [0, 0.1) is 5.82 Å². The topological polar surface area (TPSA) is 93.9 Å². The molecule has 1 N–H and O–H groups in total. The SMILES string of the molecule is C[C@@H]1COc2cn3ncc4c3nc2N1[C@H](C)c1cc(F)cnc1O[C@@H](C)NC4=O. The molecule has 3 aromatic heterocycles. The molecular weight excluding hydrogens is 379 g/mol. The second kappa shape index (κ2) is 6.29. The molecule has 0 aromatic carbocycles. The van der Waals surface area contributed by atoms with E-state index in [1.165, 1.54) is 16.8 Å². The van der Waals surface area contributed by atoms with Crippen molar-refractivity contribution in [2.24, 2.45) is 0 Å². The van der Waals surface area contributed by atoms with Crippen molar-refractivity contribution in [2.75, 3.05) is 11.5 Å². The first kappa shape index (κ1) is 17.7. The van der Waals surface area contributed by atoms with Crippen molar-refractivity contribution in [1.82, 2.24) is 24.9 Å². The Morgan fingerprint density at radius 3 is 2.93 bits per heavy atom. The molecule has 2 aliphatic rings. The lowest BCUT2D eigenvalue weighted by atomic mass is 10.1. The number of carbonyl (C=O) groups excluding carboxylic acids is 1. The van der Waals surface area contributed by atoms with Crippen LogP contribution in [0.15, 0.2) is 24.7 Å². The lowest BCUT2D eigenvalue weighted by Crippen LogP contribution is -2.44. The predicted molar refractivity (Wildman–Crippen MR) is 101 cm³/mol. The van der Waals surface area contributed by atoms with E-state index in [4.69, 9.17) is 14.5 Å². The minimum atomic E-state index is -0.693. The number of aromatic nitrogens is 4. The van der Waals surface area contributed by atoms with Gasteiger partial charge in [-0.1, -0.05) is 0 Å². The van der Waals surface area contributed by atoms with Gasteiger partial charge in [0, 0.05) is 5.56 Å². The highest BCUT2D eigenvalue weighted by molar-refractivity contribution is 6.00. The number of anilines is 1. The summed E-state index contributed by atoms with van der Waals surface area (Å²) in [7, 11) is 0. The van der Waals surface area contributed by atoms with Crippen molar-refractivity contribution < 1.29 is 18.7 Å². The largest absolute Gasteiger partial charge is 0.486 e. The van der Waals surface area contributed by atoms with Crippen LogP contribution in [0.5, 0.6) is 11.6 Å². The summed E-state index contributed by atoms with van der Waals surface area (Å²) in [5.41, 5.74) is 1.28. The summed E-state index contributed by atoms with van der Waals surface area (Å²) in [4.78, 5) is 23.6. The van der Waals surface area contributed by atoms with E-state index in [9.17, 15) is 9.18 Å². The third-order valence-electron chi connectivity index (χ3n) is 5.22. The van der Waals surface area contributed by atoms with Gasteiger partial charge in [0.2, 0.25) is 5.88 Å². The zero-order valence-corrected chi connectivity index (χ0v) is 16.1. The third kappa shape index (κ3) is 2.74. The minimum Gasteiger partial charge on any atom is -0.486 e.